The molecule has 1 N–H and O–H groups in total. The molecule has 0 spiro atoms. The van der Waals surface area contributed by atoms with Gasteiger partial charge in [-0.2, -0.15) is 0 Å². The van der Waals surface area contributed by atoms with Gasteiger partial charge in [-0.05, 0) is 43.0 Å². The lowest BCUT2D eigenvalue weighted by atomic mass is 9.99. The number of rotatable bonds is 8. The van der Waals surface area contributed by atoms with Crippen molar-refractivity contribution < 1.29 is 9.53 Å². The van der Waals surface area contributed by atoms with E-state index in [1.165, 1.54) is 11.1 Å². The van der Waals surface area contributed by atoms with Gasteiger partial charge in [-0.1, -0.05) is 26.0 Å². The smallest absolute Gasteiger partial charge is 0.131 e. The second-order valence-corrected chi connectivity index (χ2v) is 5.18. The lowest BCUT2D eigenvalue weighted by Crippen LogP contribution is -2.20. The third-order valence-corrected chi connectivity index (χ3v) is 3.20. The molecule has 0 aliphatic heterocycles. The van der Waals surface area contributed by atoms with Crippen LogP contribution in [0.3, 0.4) is 0 Å². The van der Waals surface area contributed by atoms with Gasteiger partial charge in [0.05, 0.1) is 7.11 Å². The lowest BCUT2D eigenvalue weighted by Gasteiger charge is -2.13. The highest BCUT2D eigenvalue weighted by molar-refractivity contribution is 5.75. The molecule has 0 fully saturated rings. The normalized spacial score (nSPS) is 10.8. The Morgan fingerprint density at radius 3 is 2.63 bits per heavy atom. The number of methoxy groups -OCH3 is 1. The van der Waals surface area contributed by atoms with E-state index >= 15 is 0 Å². The fraction of sp³-hybridized carbons (Fsp3) is 0.562. The Kier molecular flexibility index (Phi) is 6.57. The number of hydrogen-bond acceptors (Lipinski definition) is 3. The van der Waals surface area contributed by atoms with Crippen LogP contribution in [0.4, 0.5) is 0 Å². The monoisotopic (exact) mass is 263 g/mol. The Hall–Kier alpha value is -1.35. The van der Waals surface area contributed by atoms with Gasteiger partial charge in [0.25, 0.3) is 0 Å². The zero-order chi connectivity index (χ0) is 14.3. The predicted molar refractivity (Wildman–Crippen MR) is 79.0 cm³/mol. The zero-order valence-corrected chi connectivity index (χ0v) is 12.5. The Morgan fingerprint density at radius 2 is 2.05 bits per heavy atom. The van der Waals surface area contributed by atoms with Crippen molar-refractivity contribution in [2.45, 2.75) is 39.5 Å². The Bertz CT molecular complexity index is 413. The van der Waals surface area contributed by atoms with Crippen LogP contribution in [-0.2, 0) is 11.2 Å². The van der Waals surface area contributed by atoms with Crippen molar-refractivity contribution in [2.24, 2.45) is 0 Å². The van der Waals surface area contributed by atoms with Gasteiger partial charge in [0.1, 0.15) is 11.5 Å². The maximum Gasteiger partial charge on any atom is 0.131 e. The highest BCUT2D eigenvalue weighted by Crippen LogP contribution is 2.24. The summed E-state index contributed by atoms with van der Waals surface area (Å²) in [5, 5.41) is 3.29. The van der Waals surface area contributed by atoms with Crippen molar-refractivity contribution in [1.82, 2.24) is 5.32 Å². The van der Waals surface area contributed by atoms with Crippen molar-refractivity contribution >= 4 is 5.78 Å². The van der Waals surface area contributed by atoms with Crippen LogP contribution >= 0.6 is 0 Å². The summed E-state index contributed by atoms with van der Waals surface area (Å²) < 4.78 is 5.39. The summed E-state index contributed by atoms with van der Waals surface area (Å²) in [5.74, 6) is 1.69. The molecule has 0 radical (unpaired) electrons. The third kappa shape index (κ3) is 5.43. The molecule has 0 bridgehead atoms. The Labute approximate surface area is 116 Å². The molecule has 0 saturated carbocycles. The SMILES string of the molecule is COc1ccc(C(C)C)cc1CCNCCC(C)=O. The molecule has 3 nitrogen and oxygen atoms in total. The highest BCUT2D eigenvalue weighted by Gasteiger charge is 2.06. The van der Waals surface area contributed by atoms with Crippen molar-refractivity contribution in [1.29, 1.82) is 0 Å². The molecular formula is C16H25NO2. The number of carbonyl (C=O) groups excluding carboxylic acids is 1. The molecule has 3 heteroatoms. The standard InChI is InChI=1S/C16H25NO2/c1-12(2)14-5-6-16(19-4)15(11-14)8-10-17-9-7-13(3)18/h5-6,11-12,17H,7-10H2,1-4H3. The number of ketones is 1. The largest absolute Gasteiger partial charge is 0.496 e. The van der Waals surface area contributed by atoms with Gasteiger partial charge in [-0.15, -0.1) is 0 Å². The minimum absolute atomic E-state index is 0.229. The van der Waals surface area contributed by atoms with E-state index in [-0.39, 0.29) is 5.78 Å². The van der Waals surface area contributed by atoms with Crippen molar-refractivity contribution in [3.05, 3.63) is 29.3 Å². The van der Waals surface area contributed by atoms with Crippen molar-refractivity contribution in [3.63, 3.8) is 0 Å². The zero-order valence-electron chi connectivity index (χ0n) is 12.5. The van der Waals surface area contributed by atoms with Crippen LogP contribution in [0.15, 0.2) is 18.2 Å². The van der Waals surface area contributed by atoms with E-state index in [0.717, 1.165) is 25.3 Å². The topological polar surface area (TPSA) is 38.3 Å². The van der Waals surface area contributed by atoms with Crippen LogP contribution in [0.5, 0.6) is 5.75 Å². The van der Waals surface area contributed by atoms with E-state index in [1.807, 2.05) is 6.07 Å². The minimum atomic E-state index is 0.229. The van der Waals surface area contributed by atoms with E-state index in [0.29, 0.717) is 12.3 Å². The first-order valence-corrected chi connectivity index (χ1v) is 6.91. The van der Waals surface area contributed by atoms with Crippen LogP contribution in [0.2, 0.25) is 0 Å². The van der Waals surface area contributed by atoms with Gasteiger partial charge in [0.15, 0.2) is 0 Å². The van der Waals surface area contributed by atoms with E-state index in [4.69, 9.17) is 4.74 Å². The van der Waals surface area contributed by atoms with Crippen LogP contribution in [0.1, 0.15) is 44.2 Å². The van der Waals surface area contributed by atoms with E-state index in [1.54, 1.807) is 14.0 Å². The minimum Gasteiger partial charge on any atom is -0.496 e. The van der Waals surface area contributed by atoms with Crippen LogP contribution < -0.4 is 10.1 Å². The molecule has 0 aliphatic carbocycles. The summed E-state index contributed by atoms with van der Waals surface area (Å²) in [6.07, 6.45) is 1.52. The van der Waals surface area contributed by atoms with E-state index < -0.39 is 0 Å². The first-order chi connectivity index (χ1) is 9.04. The molecular weight excluding hydrogens is 238 g/mol. The molecule has 0 atom stereocenters. The van der Waals surface area contributed by atoms with Gasteiger partial charge >= 0.3 is 0 Å². The second kappa shape index (κ2) is 7.95. The molecule has 1 aromatic carbocycles. The summed E-state index contributed by atoms with van der Waals surface area (Å²) in [4.78, 5) is 10.8. The number of ether oxygens (including phenoxy) is 1. The van der Waals surface area contributed by atoms with Crippen LogP contribution in [0, 0.1) is 0 Å². The number of benzene rings is 1. The summed E-state index contributed by atoms with van der Waals surface area (Å²) in [7, 11) is 1.71. The summed E-state index contributed by atoms with van der Waals surface area (Å²) in [6, 6.07) is 6.38. The molecule has 0 aliphatic rings. The molecule has 1 rings (SSSR count). The summed E-state index contributed by atoms with van der Waals surface area (Å²) >= 11 is 0. The van der Waals surface area contributed by atoms with Crippen molar-refractivity contribution in [3.8, 4) is 5.75 Å². The first kappa shape index (κ1) is 15.7. The number of Topliss-reactive ketones (excluding diaryl/α,β-unsaturated/α-hetero) is 1. The number of nitrogens with one attached hydrogen (secondary N) is 1. The number of hydrogen-bond donors (Lipinski definition) is 1. The van der Waals surface area contributed by atoms with Gasteiger partial charge in [0.2, 0.25) is 0 Å². The van der Waals surface area contributed by atoms with E-state index in [9.17, 15) is 4.79 Å². The lowest BCUT2D eigenvalue weighted by molar-refractivity contribution is -0.116. The molecule has 0 unspecified atom stereocenters. The average molecular weight is 263 g/mol. The molecule has 0 aromatic heterocycles. The quantitative estimate of drug-likeness (QED) is 0.733. The molecule has 106 valence electrons. The maximum absolute atomic E-state index is 10.8. The Morgan fingerprint density at radius 1 is 1.32 bits per heavy atom. The molecule has 1 aromatic rings. The average Bonchev–Trinajstić information content (AvgIpc) is 2.37. The molecule has 0 saturated heterocycles. The van der Waals surface area contributed by atoms with Crippen LogP contribution in [-0.4, -0.2) is 26.0 Å². The van der Waals surface area contributed by atoms with Crippen molar-refractivity contribution in [2.75, 3.05) is 20.2 Å². The highest BCUT2D eigenvalue weighted by atomic mass is 16.5. The fourth-order valence-corrected chi connectivity index (χ4v) is 1.97. The van der Waals surface area contributed by atoms with Crippen LogP contribution in [0.25, 0.3) is 0 Å². The predicted octanol–water partition coefficient (Wildman–Crippen LogP) is 2.93. The summed E-state index contributed by atoms with van der Waals surface area (Å²) in [6.45, 7) is 7.62. The maximum atomic E-state index is 10.8. The van der Waals surface area contributed by atoms with Gasteiger partial charge in [-0.3, -0.25) is 4.79 Å². The first-order valence-electron chi connectivity index (χ1n) is 6.91. The Balaban J connectivity index is 2.55. The number of carbonyl (C=O) groups is 1. The summed E-state index contributed by atoms with van der Waals surface area (Å²) in [5.41, 5.74) is 2.56. The van der Waals surface area contributed by atoms with Gasteiger partial charge in [0, 0.05) is 13.0 Å². The van der Waals surface area contributed by atoms with E-state index in [2.05, 4.69) is 31.3 Å². The fourth-order valence-electron chi connectivity index (χ4n) is 1.97. The van der Waals surface area contributed by atoms with Gasteiger partial charge in [-0.25, -0.2) is 0 Å². The third-order valence-electron chi connectivity index (χ3n) is 3.20. The molecule has 0 amide bonds. The van der Waals surface area contributed by atoms with Gasteiger partial charge < -0.3 is 10.1 Å². The second-order valence-electron chi connectivity index (χ2n) is 5.18. The molecule has 19 heavy (non-hydrogen) atoms. The molecule has 0 heterocycles.